The number of anilines is 1. The largest absolute Gasteiger partial charge is 0.384 e. The van der Waals surface area contributed by atoms with E-state index in [0.29, 0.717) is 0 Å². The zero-order valence-electron chi connectivity index (χ0n) is 8.07. The summed E-state index contributed by atoms with van der Waals surface area (Å²) in [6, 6.07) is 3.30. The van der Waals surface area contributed by atoms with Crippen molar-refractivity contribution in [2.75, 3.05) is 11.3 Å². The van der Waals surface area contributed by atoms with Crippen molar-refractivity contribution in [2.45, 2.75) is 0 Å². The Kier molecular flexibility index (Phi) is 3.84. The fourth-order valence-corrected chi connectivity index (χ4v) is 1.48. The van der Waals surface area contributed by atoms with Crippen molar-refractivity contribution in [1.82, 2.24) is 0 Å². The third-order valence-corrected chi connectivity index (χ3v) is 2.04. The van der Waals surface area contributed by atoms with Gasteiger partial charge in [0.2, 0.25) is 0 Å². The number of halogens is 1. The van der Waals surface area contributed by atoms with Crippen LogP contribution in [0.1, 0.15) is 5.56 Å². The third kappa shape index (κ3) is 3.86. The number of hydrogen-bond acceptors (Lipinski definition) is 3. The molecule has 0 bridgehead atoms. The van der Waals surface area contributed by atoms with Crippen molar-refractivity contribution < 1.29 is 17.9 Å². The highest BCUT2D eigenvalue weighted by molar-refractivity contribution is 7.90. The minimum absolute atomic E-state index is 0.0600. The van der Waals surface area contributed by atoms with Gasteiger partial charge in [0.05, 0.1) is 11.3 Å². The van der Waals surface area contributed by atoms with E-state index in [9.17, 15) is 12.8 Å². The zero-order chi connectivity index (χ0) is 12.2. The molecule has 0 heterocycles. The van der Waals surface area contributed by atoms with Crippen LogP contribution in [-0.2, 0) is 10.2 Å². The molecule has 0 saturated heterocycles. The second-order valence-corrected chi connectivity index (χ2v) is 4.09. The Morgan fingerprint density at radius 2 is 2.19 bits per heavy atom. The van der Waals surface area contributed by atoms with Gasteiger partial charge in [-0.1, -0.05) is 11.8 Å². The Labute approximate surface area is 92.3 Å². The van der Waals surface area contributed by atoms with Gasteiger partial charge in [-0.05, 0) is 18.2 Å². The lowest BCUT2D eigenvalue weighted by molar-refractivity contribution is 0.350. The fourth-order valence-electron chi connectivity index (χ4n) is 0.997. The average Bonchev–Trinajstić information content (AvgIpc) is 2.16. The van der Waals surface area contributed by atoms with Crippen molar-refractivity contribution in [3.8, 4) is 11.8 Å². The molecule has 0 saturated carbocycles. The molecule has 0 aliphatic heterocycles. The van der Waals surface area contributed by atoms with Crippen molar-refractivity contribution in [3.05, 3.63) is 29.6 Å². The van der Waals surface area contributed by atoms with Gasteiger partial charge in [-0.25, -0.2) is 9.53 Å². The van der Waals surface area contributed by atoms with Crippen LogP contribution in [0.4, 0.5) is 10.1 Å². The van der Waals surface area contributed by atoms with E-state index in [0.717, 1.165) is 12.1 Å². The minimum Gasteiger partial charge on any atom is -0.384 e. The first kappa shape index (κ1) is 12.4. The van der Waals surface area contributed by atoms with E-state index in [2.05, 4.69) is 11.8 Å². The van der Waals surface area contributed by atoms with E-state index >= 15 is 0 Å². The standard InChI is InChI=1S/C9H9FN2O3S/c10-8-3-4-9(12-16(11,14)15)7(6-8)2-1-5-13/h3-4,6,12-13H,5H2,(H2,11,14,15). The lowest BCUT2D eigenvalue weighted by Gasteiger charge is -2.05. The summed E-state index contributed by atoms with van der Waals surface area (Å²) in [5, 5.41) is 13.3. The topological polar surface area (TPSA) is 92.4 Å². The van der Waals surface area contributed by atoms with Crippen LogP contribution in [0.2, 0.25) is 0 Å². The summed E-state index contributed by atoms with van der Waals surface area (Å²) >= 11 is 0. The Bertz CT molecular complexity index is 546. The maximum absolute atomic E-state index is 12.9. The maximum atomic E-state index is 12.9. The first-order valence-corrected chi connectivity index (χ1v) is 5.67. The van der Waals surface area contributed by atoms with Gasteiger partial charge in [0, 0.05) is 0 Å². The molecular weight excluding hydrogens is 235 g/mol. The number of aliphatic hydroxyl groups is 1. The summed E-state index contributed by atoms with van der Waals surface area (Å²) in [6.07, 6.45) is 0. The molecule has 5 nitrogen and oxygen atoms in total. The fraction of sp³-hybridized carbons (Fsp3) is 0.111. The van der Waals surface area contributed by atoms with Gasteiger partial charge in [0.25, 0.3) is 10.2 Å². The summed E-state index contributed by atoms with van der Waals surface area (Å²) in [7, 11) is -3.94. The SMILES string of the molecule is NS(=O)(=O)Nc1ccc(F)cc1C#CCO. The molecule has 0 aliphatic rings. The molecule has 0 aromatic heterocycles. The van der Waals surface area contributed by atoms with E-state index in [-0.39, 0.29) is 11.3 Å². The molecule has 86 valence electrons. The molecule has 0 spiro atoms. The molecule has 0 aliphatic carbocycles. The lowest BCUT2D eigenvalue weighted by Crippen LogP contribution is -2.22. The van der Waals surface area contributed by atoms with Crippen LogP contribution in [0.5, 0.6) is 0 Å². The van der Waals surface area contributed by atoms with E-state index < -0.39 is 22.6 Å². The van der Waals surface area contributed by atoms with Crippen molar-refractivity contribution in [2.24, 2.45) is 5.14 Å². The van der Waals surface area contributed by atoms with E-state index in [1.807, 2.05) is 4.72 Å². The third-order valence-electron chi connectivity index (χ3n) is 1.54. The van der Waals surface area contributed by atoms with Gasteiger partial charge >= 0.3 is 0 Å². The van der Waals surface area contributed by atoms with Crippen molar-refractivity contribution in [3.63, 3.8) is 0 Å². The second kappa shape index (κ2) is 4.94. The summed E-state index contributed by atoms with van der Waals surface area (Å²) in [5.41, 5.74) is 0.160. The van der Waals surface area contributed by atoms with Crippen LogP contribution < -0.4 is 9.86 Å². The highest BCUT2D eigenvalue weighted by Crippen LogP contribution is 2.16. The van der Waals surface area contributed by atoms with Gasteiger partial charge in [-0.15, -0.1) is 0 Å². The van der Waals surface area contributed by atoms with Crippen LogP contribution in [0.15, 0.2) is 18.2 Å². The summed E-state index contributed by atoms with van der Waals surface area (Å²) in [4.78, 5) is 0. The predicted molar refractivity (Wildman–Crippen MR) is 57.1 cm³/mol. The summed E-state index contributed by atoms with van der Waals surface area (Å²) in [5.74, 6) is 4.12. The maximum Gasteiger partial charge on any atom is 0.296 e. The number of nitrogens with one attached hydrogen (secondary N) is 1. The Balaban J connectivity index is 3.17. The molecule has 0 amide bonds. The molecular formula is C9H9FN2O3S. The van der Waals surface area contributed by atoms with E-state index in [1.165, 1.54) is 6.07 Å². The Morgan fingerprint density at radius 1 is 1.50 bits per heavy atom. The van der Waals surface area contributed by atoms with Gasteiger partial charge in [-0.2, -0.15) is 8.42 Å². The molecule has 7 heteroatoms. The van der Waals surface area contributed by atoms with Gasteiger partial charge in [0.15, 0.2) is 0 Å². The van der Waals surface area contributed by atoms with Crippen LogP contribution in [-0.4, -0.2) is 20.1 Å². The molecule has 16 heavy (non-hydrogen) atoms. The molecule has 0 radical (unpaired) electrons. The summed E-state index contributed by atoms with van der Waals surface area (Å²) in [6.45, 7) is -0.411. The van der Waals surface area contributed by atoms with Gasteiger partial charge < -0.3 is 5.11 Å². The molecule has 0 fully saturated rings. The van der Waals surface area contributed by atoms with E-state index in [4.69, 9.17) is 10.2 Å². The summed E-state index contributed by atoms with van der Waals surface area (Å²) < 4.78 is 36.4. The van der Waals surface area contributed by atoms with Crippen LogP contribution in [0.3, 0.4) is 0 Å². The second-order valence-electron chi connectivity index (χ2n) is 2.80. The van der Waals surface area contributed by atoms with Crippen LogP contribution in [0, 0.1) is 17.7 Å². The molecule has 1 aromatic carbocycles. The lowest BCUT2D eigenvalue weighted by atomic mass is 10.2. The van der Waals surface area contributed by atoms with Crippen molar-refractivity contribution >= 4 is 15.9 Å². The van der Waals surface area contributed by atoms with E-state index in [1.54, 1.807) is 0 Å². The quantitative estimate of drug-likeness (QED) is 0.628. The number of rotatable bonds is 2. The molecule has 0 atom stereocenters. The Morgan fingerprint density at radius 3 is 2.75 bits per heavy atom. The predicted octanol–water partition coefficient (Wildman–Crippen LogP) is -0.215. The number of nitrogens with two attached hydrogens (primary N) is 1. The molecule has 0 unspecified atom stereocenters. The smallest absolute Gasteiger partial charge is 0.296 e. The van der Waals surface area contributed by atoms with Gasteiger partial charge in [0.1, 0.15) is 12.4 Å². The highest BCUT2D eigenvalue weighted by atomic mass is 32.2. The number of benzene rings is 1. The molecule has 4 N–H and O–H groups in total. The van der Waals surface area contributed by atoms with Crippen molar-refractivity contribution in [1.29, 1.82) is 0 Å². The monoisotopic (exact) mass is 244 g/mol. The first-order chi connectivity index (χ1) is 7.42. The number of hydrogen-bond donors (Lipinski definition) is 3. The molecule has 1 rings (SSSR count). The normalized spacial score (nSPS) is 10.4. The van der Waals surface area contributed by atoms with Gasteiger partial charge in [-0.3, -0.25) is 4.72 Å². The number of aliphatic hydroxyl groups excluding tert-OH is 1. The highest BCUT2D eigenvalue weighted by Gasteiger charge is 2.07. The average molecular weight is 244 g/mol. The first-order valence-electron chi connectivity index (χ1n) is 4.12. The van der Waals surface area contributed by atoms with Crippen LogP contribution in [0.25, 0.3) is 0 Å². The minimum atomic E-state index is -3.94. The van der Waals surface area contributed by atoms with Crippen LogP contribution >= 0.6 is 0 Å². The Hall–Kier alpha value is -1.62. The zero-order valence-corrected chi connectivity index (χ0v) is 8.88. The molecule has 1 aromatic rings.